The van der Waals surface area contributed by atoms with E-state index in [1.54, 1.807) is 0 Å². The van der Waals surface area contributed by atoms with Gasteiger partial charge in [0.1, 0.15) is 0 Å². The van der Waals surface area contributed by atoms with Gasteiger partial charge in [0, 0.05) is 57.6 Å². The van der Waals surface area contributed by atoms with E-state index in [-0.39, 0.29) is 23.5 Å². The topological polar surface area (TPSA) is 48.7 Å². The lowest BCUT2D eigenvalue weighted by molar-refractivity contribution is -0.134. The standard InChI is InChI=1S/C18H31N3O2/c1-15(20-7-5-6-8-20)13-17(23)21-11-9-19(10-12-21)14-16(22)18(2,3)4/h5-8,15-16,22H,9-14H2,1-4H3/t15-,16-/m0/s1. The Morgan fingerprint density at radius 2 is 1.70 bits per heavy atom. The lowest BCUT2D eigenvalue weighted by Gasteiger charge is -2.38. The zero-order valence-corrected chi connectivity index (χ0v) is 14.9. The molecule has 23 heavy (non-hydrogen) atoms. The number of carbonyl (C=O) groups is 1. The summed E-state index contributed by atoms with van der Waals surface area (Å²) >= 11 is 0. The maximum absolute atomic E-state index is 12.4. The van der Waals surface area contributed by atoms with Crippen LogP contribution in [0.4, 0.5) is 0 Å². The van der Waals surface area contributed by atoms with Crippen molar-refractivity contribution in [1.29, 1.82) is 0 Å². The number of nitrogens with zero attached hydrogens (tertiary/aromatic N) is 3. The van der Waals surface area contributed by atoms with E-state index < -0.39 is 0 Å². The molecule has 2 rings (SSSR count). The number of carbonyl (C=O) groups excluding carboxylic acids is 1. The third-order valence-corrected chi connectivity index (χ3v) is 4.76. The SMILES string of the molecule is C[C@@H](CC(=O)N1CCN(C[C@H](O)C(C)(C)C)CC1)n1cccc1. The van der Waals surface area contributed by atoms with E-state index in [0.29, 0.717) is 13.0 Å². The molecule has 0 saturated carbocycles. The van der Waals surface area contributed by atoms with Crippen LogP contribution in [0, 0.1) is 5.41 Å². The van der Waals surface area contributed by atoms with E-state index in [0.717, 1.165) is 26.2 Å². The van der Waals surface area contributed by atoms with Crippen LogP contribution in [0.2, 0.25) is 0 Å². The average molecular weight is 321 g/mol. The molecule has 0 radical (unpaired) electrons. The van der Waals surface area contributed by atoms with Gasteiger partial charge in [-0.2, -0.15) is 0 Å². The lowest BCUT2D eigenvalue weighted by atomic mass is 9.89. The van der Waals surface area contributed by atoms with Crippen molar-refractivity contribution in [2.24, 2.45) is 5.41 Å². The molecule has 0 spiro atoms. The van der Waals surface area contributed by atoms with E-state index in [4.69, 9.17) is 0 Å². The Morgan fingerprint density at radius 3 is 2.22 bits per heavy atom. The maximum atomic E-state index is 12.4. The highest BCUT2D eigenvalue weighted by Gasteiger charge is 2.27. The van der Waals surface area contributed by atoms with Crippen molar-refractivity contribution >= 4 is 5.91 Å². The molecule has 1 fully saturated rings. The van der Waals surface area contributed by atoms with Gasteiger partial charge in [0.25, 0.3) is 0 Å². The van der Waals surface area contributed by atoms with Gasteiger partial charge < -0.3 is 14.6 Å². The highest BCUT2D eigenvalue weighted by molar-refractivity contribution is 5.76. The number of aliphatic hydroxyl groups is 1. The van der Waals surface area contributed by atoms with Gasteiger partial charge in [-0.1, -0.05) is 20.8 Å². The minimum Gasteiger partial charge on any atom is -0.391 e. The molecule has 130 valence electrons. The molecule has 2 atom stereocenters. The number of aromatic nitrogens is 1. The van der Waals surface area contributed by atoms with Crippen molar-refractivity contribution in [3.05, 3.63) is 24.5 Å². The summed E-state index contributed by atoms with van der Waals surface area (Å²) in [6.45, 7) is 12.1. The Morgan fingerprint density at radius 1 is 1.13 bits per heavy atom. The van der Waals surface area contributed by atoms with Crippen LogP contribution in [-0.2, 0) is 4.79 Å². The summed E-state index contributed by atoms with van der Waals surface area (Å²) in [5.41, 5.74) is -0.0981. The molecule has 0 aromatic carbocycles. The molecule has 1 aromatic heterocycles. The summed E-state index contributed by atoms with van der Waals surface area (Å²) in [7, 11) is 0. The molecule has 0 bridgehead atoms. The zero-order chi connectivity index (χ0) is 17.0. The molecule has 1 aliphatic rings. The smallest absolute Gasteiger partial charge is 0.224 e. The van der Waals surface area contributed by atoms with Gasteiger partial charge in [0.2, 0.25) is 5.91 Å². The Balaban J connectivity index is 1.76. The first kappa shape index (κ1) is 18.0. The normalized spacial score (nSPS) is 19.6. The summed E-state index contributed by atoms with van der Waals surface area (Å²) in [6.07, 6.45) is 4.21. The summed E-state index contributed by atoms with van der Waals surface area (Å²) in [5.74, 6) is 0.224. The van der Waals surface area contributed by atoms with Gasteiger partial charge in [-0.25, -0.2) is 0 Å². The third-order valence-electron chi connectivity index (χ3n) is 4.76. The van der Waals surface area contributed by atoms with Crippen LogP contribution < -0.4 is 0 Å². The number of rotatable bonds is 5. The van der Waals surface area contributed by atoms with E-state index in [1.165, 1.54) is 0 Å². The van der Waals surface area contributed by atoms with Crippen LogP contribution in [0.1, 0.15) is 40.2 Å². The highest BCUT2D eigenvalue weighted by atomic mass is 16.3. The van der Waals surface area contributed by atoms with Crippen LogP contribution in [0.15, 0.2) is 24.5 Å². The molecule has 5 nitrogen and oxygen atoms in total. The Bertz CT molecular complexity index is 485. The molecule has 0 aliphatic carbocycles. The van der Waals surface area contributed by atoms with E-state index in [9.17, 15) is 9.90 Å². The fourth-order valence-corrected chi connectivity index (χ4v) is 2.83. The molecule has 5 heteroatoms. The number of hydrogen-bond donors (Lipinski definition) is 1. The van der Waals surface area contributed by atoms with E-state index in [1.807, 2.05) is 29.4 Å². The first-order valence-electron chi connectivity index (χ1n) is 8.58. The molecular formula is C18H31N3O2. The third kappa shape index (κ3) is 5.08. The monoisotopic (exact) mass is 321 g/mol. The van der Waals surface area contributed by atoms with Gasteiger partial charge in [0.15, 0.2) is 0 Å². The van der Waals surface area contributed by atoms with Crippen molar-refractivity contribution in [2.75, 3.05) is 32.7 Å². The second-order valence-corrected chi connectivity index (χ2v) is 7.75. The molecule has 1 amide bonds. The second kappa shape index (κ2) is 7.49. The fourth-order valence-electron chi connectivity index (χ4n) is 2.83. The lowest BCUT2D eigenvalue weighted by Crippen LogP contribution is -2.51. The first-order chi connectivity index (χ1) is 10.8. The van der Waals surface area contributed by atoms with Crippen molar-refractivity contribution < 1.29 is 9.90 Å². The number of β-amino-alcohol motifs (C(OH)–C–C–N with tert-alkyl or cyclic N) is 1. The molecule has 1 aliphatic heterocycles. The molecule has 1 saturated heterocycles. The molecular weight excluding hydrogens is 290 g/mol. The highest BCUT2D eigenvalue weighted by Crippen LogP contribution is 2.20. The Labute approximate surface area is 139 Å². The predicted octanol–water partition coefficient (Wildman–Crippen LogP) is 1.99. The zero-order valence-electron chi connectivity index (χ0n) is 14.9. The van der Waals surface area contributed by atoms with Gasteiger partial charge in [0.05, 0.1) is 6.10 Å². The number of aliphatic hydroxyl groups excluding tert-OH is 1. The summed E-state index contributed by atoms with van der Waals surface area (Å²) in [6, 6.07) is 4.17. The van der Waals surface area contributed by atoms with Gasteiger partial charge >= 0.3 is 0 Å². The Hall–Kier alpha value is -1.33. The van der Waals surface area contributed by atoms with Crippen molar-refractivity contribution in [2.45, 2.75) is 46.3 Å². The quantitative estimate of drug-likeness (QED) is 0.902. The maximum Gasteiger partial charge on any atom is 0.224 e. The van der Waals surface area contributed by atoms with E-state index >= 15 is 0 Å². The van der Waals surface area contributed by atoms with Crippen LogP contribution >= 0.6 is 0 Å². The number of amides is 1. The summed E-state index contributed by atoms with van der Waals surface area (Å²) < 4.78 is 2.08. The second-order valence-electron chi connectivity index (χ2n) is 7.75. The van der Waals surface area contributed by atoms with Crippen LogP contribution in [0.5, 0.6) is 0 Å². The van der Waals surface area contributed by atoms with Crippen molar-refractivity contribution in [1.82, 2.24) is 14.4 Å². The minimum absolute atomic E-state index is 0.0981. The summed E-state index contributed by atoms with van der Waals surface area (Å²) in [5, 5.41) is 10.2. The van der Waals surface area contributed by atoms with Gasteiger partial charge in [-0.05, 0) is 24.5 Å². The van der Waals surface area contributed by atoms with Gasteiger partial charge in [-0.3, -0.25) is 9.69 Å². The van der Waals surface area contributed by atoms with Crippen LogP contribution in [0.3, 0.4) is 0 Å². The number of piperazine rings is 1. The van der Waals surface area contributed by atoms with Crippen LogP contribution in [-0.4, -0.2) is 64.2 Å². The minimum atomic E-state index is -0.335. The van der Waals surface area contributed by atoms with Crippen LogP contribution in [0.25, 0.3) is 0 Å². The largest absolute Gasteiger partial charge is 0.391 e. The first-order valence-corrected chi connectivity index (χ1v) is 8.58. The fraction of sp³-hybridized carbons (Fsp3) is 0.722. The number of hydrogen-bond acceptors (Lipinski definition) is 3. The Kier molecular flexibility index (Phi) is 5.87. The molecule has 2 heterocycles. The van der Waals surface area contributed by atoms with Crippen molar-refractivity contribution in [3.63, 3.8) is 0 Å². The molecule has 1 aromatic rings. The average Bonchev–Trinajstić information content (AvgIpc) is 3.01. The summed E-state index contributed by atoms with van der Waals surface area (Å²) in [4.78, 5) is 16.7. The predicted molar refractivity (Wildman–Crippen MR) is 92.2 cm³/mol. The van der Waals surface area contributed by atoms with E-state index in [2.05, 4.69) is 37.2 Å². The van der Waals surface area contributed by atoms with Crippen molar-refractivity contribution in [3.8, 4) is 0 Å². The molecule has 1 N–H and O–H groups in total. The molecule has 0 unspecified atom stereocenters. The van der Waals surface area contributed by atoms with Gasteiger partial charge in [-0.15, -0.1) is 0 Å².